The van der Waals surface area contributed by atoms with Crippen molar-refractivity contribution in [3.8, 4) is 0 Å². The van der Waals surface area contributed by atoms with Crippen molar-refractivity contribution in [3.05, 3.63) is 30.5 Å². The first-order valence-corrected chi connectivity index (χ1v) is 6.56. The highest BCUT2D eigenvalue weighted by Crippen LogP contribution is 2.11. The van der Waals surface area contributed by atoms with Crippen LogP contribution in [-0.2, 0) is 7.05 Å². The number of rotatable bonds is 2. The maximum Gasteiger partial charge on any atom is 0.0573 e. The van der Waals surface area contributed by atoms with E-state index in [0.717, 1.165) is 0 Å². The number of benzene rings is 1. The summed E-state index contributed by atoms with van der Waals surface area (Å²) in [5.41, 5.74) is 1.37. The molecule has 0 spiro atoms. The van der Waals surface area contributed by atoms with Crippen molar-refractivity contribution in [2.75, 3.05) is 0 Å². The molecule has 0 aliphatic carbocycles. The molecule has 1 heterocycles. The van der Waals surface area contributed by atoms with E-state index < -0.39 is 0 Å². The Hall–Kier alpha value is -1.02. The van der Waals surface area contributed by atoms with Crippen LogP contribution in [0.5, 0.6) is 0 Å². The van der Waals surface area contributed by atoms with Crippen LogP contribution in [0.15, 0.2) is 30.5 Å². The predicted molar refractivity (Wildman–Crippen MR) is 61.6 cm³/mol. The zero-order valence-corrected chi connectivity index (χ0v) is 9.66. The van der Waals surface area contributed by atoms with Crippen molar-refractivity contribution in [1.82, 2.24) is 4.57 Å². The average Bonchev–Trinajstić information content (AvgIpc) is 2.46. The summed E-state index contributed by atoms with van der Waals surface area (Å²) in [5, 5.41) is 3.08. The highest BCUT2D eigenvalue weighted by atomic mass is 28.2. The third kappa shape index (κ3) is 1.42. The van der Waals surface area contributed by atoms with Gasteiger partial charge in [-0.2, -0.15) is 0 Å². The zero-order valence-electron chi connectivity index (χ0n) is 8.25. The van der Waals surface area contributed by atoms with E-state index in [2.05, 4.69) is 49.0 Å². The number of para-hydroxylation sites is 1. The maximum absolute atomic E-state index is 2.31. The van der Waals surface area contributed by atoms with Crippen molar-refractivity contribution >= 4 is 25.6 Å². The second-order valence-corrected chi connectivity index (χ2v) is 5.79. The molecule has 0 atom stereocenters. The molecule has 0 bridgehead atoms. The molecule has 1 aromatic carbocycles. The monoisotopic (exact) mass is 189 g/mol. The minimum atomic E-state index is -0.0229. The summed E-state index contributed by atoms with van der Waals surface area (Å²) >= 11 is 0. The van der Waals surface area contributed by atoms with Crippen LogP contribution in [0.4, 0.5) is 0 Å². The van der Waals surface area contributed by atoms with Gasteiger partial charge in [-0.25, -0.2) is 0 Å². The normalized spacial score (nSPS) is 11.8. The van der Waals surface area contributed by atoms with Crippen LogP contribution >= 0.6 is 0 Å². The molecule has 13 heavy (non-hydrogen) atoms. The van der Waals surface area contributed by atoms with Crippen molar-refractivity contribution in [2.24, 2.45) is 7.05 Å². The molecule has 0 N–H and O–H groups in total. The smallest absolute Gasteiger partial charge is 0.0573 e. The van der Waals surface area contributed by atoms with Gasteiger partial charge in [0.25, 0.3) is 0 Å². The summed E-state index contributed by atoms with van der Waals surface area (Å²) in [6, 6.07) is 10.0. The number of aromatic nitrogens is 1. The van der Waals surface area contributed by atoms with Gasteiger partial charge in [-0.1, -0.05) is 31.2 Å². The summed E-state index contributed by atoms with van der Waals surface area (Å²) in [5.74, 6) is 0. The summed E-state index contributed by atoms with van der Waals surface area (Å²) < 4.78 is 2.24. The molecule has 2 rings (SSSR count). The van der Waals surface area contributed by atoms with Crippen molar-refractivity contribution in [3.63, 3.8) is 0 Å². The summed E-state index contributed by atoms with van der Waals surface area (Å²) in [4.78, 5) is 0. The standard InChI is InChI=1S/C11H15NSi/c1-3-13-11-8-12(2)10-7-5-4-6-9(10)11/h4-8H,3,13H2,1-2H3. The van der Waals surface area contributed by atoms with E-state index in [1.165, 1.54) is 16.9 Å². The first kappa shape index (κ1) is 8.57. The molecule has 0 saturated heterocycles. The van der Waals surface area contributed by atoms with Gasteiger partial charge in [0, 0.05) is 18.8 Å². The maximum atomic E-state index is 2.31. The van der Waals surface area contributed by atoms with E-state index in [4.69, 9.17) is 0 Å². The van der Waals surface area contributed by atoms with Crippen molar-refractivity contribution < 1.29 is 0 Å². The Kier molecular flexibility index (Phi) is 2.23. The van der Waals surface area contributed by atoms with Gasteiger partial charge < -0.3 is 4.57 Å². The van der Waals surface area contributed by atoms with Crippen LogP contribution in [0, 0.1) is 0 Å². The predicted octanol–water partition coefficient (Wildman–Crippen LogP) is 1.41. The Morgan fingerprint density at radius 2 is 2.08 bits per heavy atom. The number of hydrogen-bond donors (Lipinski definition) is 0. The van der Waals surface area contributed by atoms with Crippen LogP contribution in [0.25, 0.3) is 10.9 Å². The summed E-state index contributed by atoms with van der Waals surface area (Å²) in [6.45, 7) is 2.29. The summed E-state index contributed by atoms with van der Waals surface area (Å²) in [6.07, 6.45) is 2.31. The molecule has 68 valence electrons. The number of hydrogen-bond acceptors (Lipinski definition) is 0. The molecule has 0 radical (unpaired) electrons. The molecule has 1 nitrogen and oxygen atoms in total. The Balaban J connectivity index is 2.63. The van der Waals surface area contributed by atoms with Crippen LogP contribution in [-0.4, -0.2) is 14.1 Å². The second kappa shape index (κ2) is 3.38. The topological polar surface area (TPSA) is 4.93 Å². The van der Waals surface area contributed by atoms with Gasteiger partial charge in [0.2, 0.25) is 0 Å². The average molecular weight is 189 g/mol. The molecule has 0 fully saturated rings. The van der Waals surface area contributed by atoms with Gasteiger partial charge in [0.1, 0.15) is 0 Å². The number of fused-ring (bicyclic) bond motifs is 1. The van der Waals surface area contributed by atoms with Gasteiger partial charge in [-0.15, -0.1) is 0 Å². The molecule has 0 saturated carbocycles. The van der Waals surface area contributed by atoms with Gasteiger partial charge in [-0.3, -0.25) is 0 Å². The van der Waals surface area contributed by atoms with Crippen molar-refractivity contribution in [2.45, 2.75) is 13.0 Å². The molecular weight excluding hydrogens is 174 g/mol. The van der Waals surface area contributed by atoms with E-state index in [0.29, 0.717) is 0 Å². The lowest BCUT2D eigenvalue weighted by molar-refractivity contribution is 0.972. The van der Waals surface area contributed by atoms with Crippen LogP contribution in [0.2, 0.25) is 6.04 Å². The second-order valence-electron chi connectivity index (χ2n) is 3.53. The Labute approximate surface area is 81.2 Å². The van der Waals surface area contributed by atoms with Crippen LogP contribution < -0.4 is 5.19 Å². The van der Waals surface area contributed by atoms with Gasteiger partial charge in [0.05, 0.1) is 9.52 Å². The third-order valence-corrected chi connectivity index (χ3v) is 4.10. The lowest BCUT2D eigenvalue weighted by atomic mass is 10.2. The minimum absolute atomic E-state index is 0.0229. The molecule has 2 aromatic rings. The fraction of sp³-hybridized carbons (Fsp3) is 0.273. The largest absolute Gasteiger partial charge is 0.351 e. The Bertz CT molecular complexity index is 417. The molecule has 0 aliphatic heterocycles. The van der Waals surface area contributed by atoms with Crippen molar-refractivity contribution in [1.29, 1.82) is 0 Å². The molecule has 2 heteroatoms. The third-order valence-electron chi connectivity index (χ3n) is 2.50. The first-order valence-electron chi connectivity index (χ1n) is 4.86. The first-order chi connectivity index (χ1) is 6.33. The zero-order chi connectivity index (χ0) is 9.26. The van der Waals surface area contributed by atoms with Crippen LogP contribution in [0.1, 0.15) is 6.92 Å². The summed E-state index contributed by atoms with van der Waals surface area (Å²) in [7, 11) is 2.11. The molecular formula is C11H15NSi. The lowest BCUT2D eigenvalue weighted by Gasteiger charge is -1.94. The van der Waals surface area contributed by atoms with Gasteiger partial charge in [-0.05, 0) is 16.6 Å². The van der Waals surface area contributed by atoms with E-state index in [-0.39, 0.29) is 9.52 Å². The number of nitrogens with zero attached hydrogens (tertiary/aromatic N) is 1. The quantitative estimate of drug-likeness (QED) is 0.630. The highest BCUT2D eigenvalue weighted by molar-refractivity contribution is 6.57. The molecule has 0 aliphatic rings. The lowest BCUT2D eigenvalue weighted by Crippen LogP contribution is -2.10. The van der Waals surface area contributed by atoms with Crippen LogP contribution in [0.3, 0.4) is 0 Å². The number of aryl methyl sites for hydroxylation is 1. The SMILES string of the molecule is CC[SiH2]c1cn(C)c2ccccc12. The van der Waals surface area contributed by atoms with E-state index in [1.54, 1.807) is 5.19 Å². The fourth-order valence-corrected chi connectivity index (χ4v) is 3.40. The molecule has 0 amide bonds. The molecule has 1 aromatic heterocycles. The Morgan fingerprint density at radius 3 is 2.85 bits per heavy atom. The van der Waals surface area contributed by atoms with E-state index in [9.17, 15) is 0 Å². The van der Waals surface area contributed by atoms with E-state index in [1.807, 2.05) is 0 Å². The minimum Gasteiger partial charge on any atom is -0.351 e. The Morgan fingerprint density at radius 1 is 1.31 bits per heavy atom. The molecule has 0 unspecified atom stereocenters. The van der Waals surface area contributed by atoms with Gasteiger partial charge in [0.15, 0.2) is 0 Å². The van der Waals surface area contributed by atoms with E-state index >= 15 is 0 Å². The van der Waals surface area contributed by atoms with Gasteiger partial charge >= 0.3 is 0 Å². The fourth-order valence-electron chi connectivity index (χ4n) is 1.89. The highest BCUT2D eigenvalue weighted by Gasteiger charge is 2.03.